The fourth-order valence-corrected chi connectivity index (χ4v) is 5.35. The fourth-order valence-electron chi connectivity index (χ4n) is 4.29. The molecule has 0 spiro atoms. The summed E-state index contributed by atoms with van der Waals surface area (Å²) in [6.07, 6.45) is 0.929. The maximum atomic E-state index is 13.1. The van der Waals surface area contributed by atoms with Crippen molar-refractivity contribution in [1.82, 2.24) is 9.80 Å². The number of rotatable bonds is 12. The summed E-state index contributed by atoms with van der Waals surface area (Å²) in [5.74, 6) is -1.48. The van der Waals surface area contributed by atoms with E-state index in [2.05, 4.69) is 4.90 Å². The van der Waals surface area contributed by atoms with Gasteiger partial charge in [-0.2, -0.15) is 0 Å². The third-order valence-electron chi connectivity index (χ3n) is 6.92. The van der Waals surface area contributed by atoms with Gasteiger partial charge in [0.25, 0.3) is 5.91 Å². The lowest BCUT2D eigenvalue weighted by Gasteiger charge is -2.35. The molecule has 1 heterocycles. The van der Waals surface area contributed by atoms with Gasteiger partial charge >= 0.3 is 5.97 Å². The van der Waals surface area contributed by atoms with Gasteiger partial charge < -0.3 is 25.7 Å². The van der Waals surface area contributed by atoms with Crippen molar-refractivity contribution < 1.29 is 24.6 Å². The van der Waals surface area contributed by atoms with Crippen LogP contribution in [0.2, 0.25) is 5.02 Å². The molecule has 1 fully saturated rings. The molecule has 1 saturated heterocycles. The average Bonchev–Trinajstić information content (AvgIpc) is 2.94. The molecule has 2 aromatic rings. The van der Waals surface area contributed by atoms with E-state index in [1.807, 2.05) is 29.2 Å². The maximum Gasteiger partial charge on any atom is 0.321 e. The summed E-state index contributed by atoms with van der Waals surface area (Å²) in [6, 6.07) is 13.5. The standard InChI is InChI=1S/C28H37ClN4O5S/c1-28(2,25(30)27(37)38)39-19-24(35)33(17-18-34)23-9-5-21(6-10-23)26(36)32-15-13-31(14-16-32)12-11-20-3-7-22(29)8-4-20/h3-10,25,34H,11-19,30H2,1-2H3,(H,37,38). The van der Waals surface area contributed by atoms with Gasteiger partial charge in [0.2, 0.25) is 5.91 Å². The lowest BCUT2D eigenvalue weighted by Crippen LogP contribution is -2.49. The number of carbonyl (C=O) groups excluding carboxylic acids is 2. The number of carbonyl (C=O) groups is 3. The molecule has 212 valence electrons. The van der Waals surface area contributed by atoms with Crippen molar-refractivity contribution >= 4 is 46.8 Å². The largest absolute Gasteiger partial charge is 0.480 e. The molecule has 1 unspecified atom stereocenters. The second-order valence-corrected chi connectivity index (χ2v) is 12.1. The molecule has 39 heavy (non-hydrogen) atoms. The van der Waals surface area contributed by atoms with Crippen LogP contribution in [-0.4, -0.2) is 100 Å². The molecule has 0 aliphatic carbocycles. The highest BCUT2D eigenvalue weighted by Gasteiger charge is 2.34. The first-order chi connectivity index (χ1) is 18.5. The van der Waals surface area contributed by atoms with Gasteiger partial charge in [-0.05, 0) is 62.2 Å². The second kappa shape index (κ2) is 14.1. The highest BCUT2D eigenvalue weighted by Crippen LogP contribution is 2.28. The van der Waals surface area contributed by atoms with Crippen molar-refractivity contribution in [3.63, 3.8) is 0 Å². The molecule has 1 aliphatic rings. The Bertz CT molecular complexity index is 1120. The van der Waals surface area contributed by atoms with E-state index in [0.29, 0.717) is 24.3 Å². The molecule has 4 N–H and O–H groups in total. The number of hydrogen-bond donors (Lipinski definition) is 3. The third-order valence-corrected chi connectivity index (χ3v) is 8.56. The predicted octanol–water partition coefficient (Wildman–Crippen LogP) is 2.59. The first-order valence-corrected chi connectivity index (χ1v) is 14.3. The highest BCUT2D eigenvalue weighted by atomic mass is 35.5. The third kappa shape index (κ3) is 8.68. The van der Waals surface area contributed by atoms with Crippen LogP contribution in [0.25, 0.3) is 0 Å². The lowest BCUT2D eigenvalue weighted by atomic mass is 10.1. The Hall–Kier alpha value is -2.63. The van der Waals surface area contributed by atoms with Crippen molar-refractivity contribution in [3.05, 3.63) is 64.7 Å². The van der Waals surface area contributed by atoms with Crippen LogP contribution in [0, 0.1) is 0 Å². The van der Waals surface area contributed by atoms with E-state index in [-0.39, 0.29) is 30.7 Å². The van der Waals surface area contributed by atoms with E-state index in [0.717, 1.165) is 42.8 Å². The molecule has 0 radical (unpaired) electrons. The number of amides is 2. The number of carboxylic acid groups (broad SMARTS) is 1. The van der Waals surface area contributed by atoms with Gasteiger partial charge in [0.05, 0.1) is 12.4 Å². The van der Waals surface area contributed by atoms with Crippen molar-refractivity contribution in [2.75, 3.05) is 56.5 Å². The molecule has 1 aliphatic heterocycles. The monoisotopic (exact) mass is 576 g/mol. The summed E-state index contributed by atoms with van der Waals surface area (Å²) in [6.45, 7) is 7.01. The van der Waals surface area contributed by atoms with Gasteiger partial charge in [0, 0.05) is 60.3 Å². The molecule has 0 aromatic heterocycles. The summed E-state index contributed by atoms with van der Waals surface area (Å²) in [5, 5.41) is 19.4. The summed E-state index contributed by atoms with van der Waals surface area (Å²) < 4.78 is -0.859. The minimum atomic E-state index is -1.13. The first kappa shape index (κ1) is 30.9. The Labute approximate surface area is 238 Å². The Kier molecular flexibility index (Phi) is 11.2. The molecular formula is C28H37ClN4O5S. The van der Waals surface area contributed by atoms with E-state index in [4.69, 9.17) is 17.3 Å². The van der Waals surface area contributed by atoms with Crippen LogP contribution in [0.4, 0.5) is 5.69 Å². The van der Waals surface area contributed by atoms with E-state index in [1.54, 1.807) is 38.1 Å². The van der Waals surface area contributed by atoms with E-state index in [1.165, 1.54) is 10.5 Å². The van der Waals surface area contributed by atoms with Crippen molar-refractivity contribution in [3.8, 4) is 0 Å². The van der Waals surface area contributed by atoms with Crippen LogP contribution < -0.4 is 10.6 Å². The van der Waals surface area contributed by atoms with Gasteiger partial charge in [-0.25, -0.2) is 0 Å². The van der Waals surface area contributed by atoms with Gasteiger partial charge in [-0.3, -0.25) is 19.3 Å². The van der Waals surface area contributed by atoms with Gasteiger partial charge in [0.15, 0.2) is 0 Å². The second-order valence-electron chi connectivity index (χ2n) is 10.0. The number of aliphatic hydroxyl groups excluding tert-OH is 1. The maximum absolute atomic E-state index is 13.1. The van der Waals surface area contributed by atoms with Gasteiger partial charge in [-0.1, -0.05) is 23.7 Å². The predicted molar refractivity (Wildman–Crippen MR) is 156 cm³/mol. The smallest absolute Gasteiger partial charge is 0.321 e. The van der Waals surface area contributed by atoms with Crippen molar-refractivity contribution in [2.45, 2.75) is 31.1 Å². The van der Waals surface area contributed by atoms with Gasteiger partial charge in [-0.15, -0.1) is 11.8 Å². The molecule has 3 rings (SSSR count). The molecule has 9 nitrogen and oxygen atoms in total. The molecule has 0 saturated carbocycles. The van der Waals surface area contributed by atoms with Crippen LogP contribution in [0.5, 0.6) is 0 Å². The number of carboxylic acids is 1. The number of benzene rings is 2. The van der Waals surface area contributed by atoms with Crippen LogP contribution in [0.15, 0.2) is 48.5 Å². The summed E-state index contributed by atoms with van der Waals surface area (Å²) in [5.41, 5.74) is 8.08. The normalized spacial score (nSPS) is 15.2. The zero-order valence-corrected chi connectivity index (χ0v) is 24.0. The SMILES string of the molecule is CC(C)(SCC(=O)N(CCO)c1ccc(C(=O)N2CCN(CCc3ccc(Cl)cc3)CC2)cc1)C(N)C(=O)O. The lowest BCUT2D eigenvalue weighted by molar-refractivity contribution is -0.139. The minimum absolute atomic E-state index is 0.00302. The molecule has 1 atom stereocenters. The number of aliphatic hydroxyl groups is 1. The Morgan fingerprint density at radius 3 is 2.23 bits per heavy atom. The summed E-state index contributed by atoms with van der Waals surface area (Å²) >= 11 is 7.11. The minimum Gasteiger partial charge on any atom is -0.480 e. The number of thioether (sulfide) groups is 1. The number of anilines is 1. The van der Waals surface area contributed by atoms with Gasteiger partial charge in [0.1, 0.15) is 6.04 Å². The van der Waals surface area contributed by atoms with Crippen LogP contribution in [0.1, 0.15) is 29.8 Å². The van der Waals surface area contributed by atoms with E-state index < -0.39 is 16.8 Å². The zero-order chi connectivity index (χ0) is 28.6. The van der Waals surface area contributed by atoms with Crippen molar-refractivity contribution in [1.29, 1.82) is 0 Å². The highest BCUT2D eigenvalue weighted by molar-refractivity contribution is 8.01. The Morgan fingerprint density at radius 2 is 1.67 bits per heavy atom. The Morgan fingerprint density at radius 1 is 1.05 bits per heavy atom. The molecule has 11 heteroatoms. The number of hydrogen-bond acceptors (Lipinski definition) is 7. The van der Waals surface area contributed by atoms with Crippen LogP contribution in [0.3, 0.4) is 0 Å². The first-order valence-electron chi connectivity index (χ1n) is 12.9. The van der Waals surface area contributed by atoms with E-state index in [9.17, 15) is 24.6 Å². The number of nitrogens with zero attached hydrogens (tertiary/aromatic N) is 3. The summed E-state index contributed by atoms with van der Waals surface area (Å²) in [4.78, 5) is 42.9. The zero-order valence-electron chi connectivity index (χ0n) is 22.4. The van der Waals surface area contributed by atoms with E-state index >= 15 is 0 Å². The number of aliphatic carboxylic acids is 1. The molecule has 2 aromatic carbocycles. The van der Waals surface area contributed by atoms with Crippen LogP contribution >= 0.6 is 23.4 Å². The molecule has 2 amide bonds. The average molecular weight is 577 g/mol. The quantitative estimate of drug-likeness (QED) is 0.352. The summed E-state index contributed by atoms with van der Waals surface area (Å²) in [7, 11) is 0. The molecular weight excluding hydrogens is 540 g/mol. The molecule has 0 bridgehead atoms. The number of halogens is 1. The Balaban J connectivity index is 1.54. The van der Waals surface area contributed by atoms with Crippen LogP contribution in [-0.2, 0) is 16.0 Å². The van der Waals surface area contributed by atoms with Crippen molar-refractivity contribution in [2.24, 2.45) is 5.73 Å². The topological polar surface area (TPSA) is 127 Å². The number of nitrogens with two attached hydrogens (primary N) is 1. The fraction of sp³-hybridized carbons (Fsp3) is 0.464. The number of piperazine rings is 1.